The first-order valence-electron chi connectivity index (χ1n) is 12.8. The van der Waals surface area contributed by atoms with Gasteiger partial charge in [-0.25, -0.2) is 14.1 Å². The molecule has 0 spiro atoms. The van der Waals surface area contributed by atoms with Crippen LogP contribution in [0.5, 0.6) is 0 Å². The van der Waals surface area contributed by atoms with Gasteiger partial charge in [0.2, 0.25) is 0 Å². The lowest BCUT2D eigenvalue weighted by Crippen LogP contribution is -2.43. The number of halogens is 8. The van der Waals surface area contributed by atoms with E-state index in [-0.39, 0.29) is 17.2 Å². The smallest absolute Gasteiger partial charge is 0.371 e. The molecule has 0 atom stereocenters. The summed E-state index contributed by atoms with van der Waals surface area (Å²) in [5.41, 5.74) is -2.84. The van der Waals surface area contributed by atoms with Crippen LogP contribution in [0, 0.1) is 5.82 Å². The van der Waals surface area contributed by atoms with Gasteiger partial charge in [0.05, 0.1) is 23.0 Å². The minimum absolute atomic E-state index is 0.135. The summed E-state index contributed by atoms with van der Waals surface area (Å²) in [4.78, 5) is 18.4. The third-order valence-corrected chi connectivity index (χ3v) is 7.57. The molecule has 0 unspecified atom stereocenters. The summed E-state index contributed by atoms with van der Waals surface area (Å²) < 4.78 is 96.8. The number of carbonyl (C=O) groups excluding carboxylic acids is 1. The Kier molecular flexibility index (Phi) is 7.82. The third kappa shape index (κ3) is 6.01. The van der Waals surface area contributed by atoms with Gasteiger partial charge in [0, 0.05) is 35.2 Å². The van der Waals surface area contributed by atoms with Gasteiger partial charge in [-0.05, 0) is 68.1 Å². The Morgan fingerprint density at radius 2 is 1.71 bits per heavy atom. The second-order valence-electron chi connectivity index (χ2n) is 10.1. The first kappa shape index (κ1) is 29.6. The van der Waals surface area contributed by atoms with Crippen LogP contribution in [0.1, 0.15) is 47.4 Å². The van der Waals surface area contributed by atoms with Gasteiger partial charge in [0.1, 0.15) is 11.5 Å². The molecule has 1 N–H and O–H groups in total. The maximum Gasteiger partial charge on any atom is 0.434 e. The number of pyridine rings is 1. The van der Waals surface area contributed by atoms with Crippen molar-refractivity contribution in [3.05, 3.63) is 82.5 Å². The molecule has 42 heavy (non-hydrogen) atoms. The number of nitrogens with zero attached hydrogens (tertiary/aromatic N) is 4. The van der Waals surface area contributed by atoms with Crippen LogP contribution in [0.3, 0.4) is 0 Å². The van der Waals surface area contributed by atoms with E-state index in [0.29, 0.717) is 46.5 Å². The summed E-state index contributed by atoms with van der Waals surface area (Å²) in [7, 11) is 1.66. The number of amides is 1. The number of hydrogen-bond acceptors (Lipinski definition) is 4. The molecule has 5 rings (SSSR count). The Hall–Kier alpha value is -3.87. The maximum atomic E-state index is 14.0. The van der Waals surface area contributed by atoms with Crippen molar-refractivity contribution in [1.29, 1.82) is 0 Å². The first-order valence-corrected chi connectivity index (χ1v) is 13.2. The second-order valence-corrected chi connectivity index (χ2v) is 10.5. The quantitative estimate of drug-likeness (QED) is 0.238. The summed E-state index contributed by atoms with van der Waals surface area (Å²) in [6, 6.07) is 9.12. The minimum atomic E-state index is -4.96. The molecule has 14 heteroatoms. The van der Waals surface area contributed by atoms with Crippen molar-refractivity contribution in [2.75, 3.05) is 11.9 Å². The summed E-state index contributed by atoms with van der Waals surface area (Å²) in [6.45, 7) is 0. The highest BCUT2D eigenvalue weighted by atomic mass is 35.5. The number of carbonyl (C=O) groups is 1. The van der Waals surface area contributed by atoms with Crippen LogP contribution in [0.15, 0.2) is 54.7 Å². The van der Waals surface area contributed by atoms with Gasteiger partial charge in [-0.15, -0.1) is 0 Å². The number of alkyl halides is 6. The standard InChI is InChI=1S/C28H23ClF7N5O/c1-40(23-13-24(27(31,32)33)39-22-10-5-15(29)11-20(22)23)18-8-6-17(7-9-18)38-26(42)21-14-37-41(25(21)28(34,35)36)19-4-2-3-16(30)12-19/h2-5,10-14,17-18H,6-9H2,1H3,(H,38,42). The van der Waals surface area contributed by atoms with Gasteiger partial charge in [-0.1, -0.05) is 17.7 Å². The predicted molar refractivity (Wildman–Crippen MR) is 142 cm³/mol. The highest BCUT2D eigenvalue weighted by Crippen LogP contribution is 2.38. The molecule has 0 saturated heterocycles. The van der Waals surface area contributed by atoms with Crippen LogP contribution in [0.4, 0.5) is 36.4 Å². The SMILES string of the molecule is CN(c1cc(C(F)(F)F)nc2ccc(Cl)cc12)C1CCC(NC(=O)c2cnn(-c3cccc(F)c3)c2C(F)(F)F)CC1. The molecular formula is C28H23ClF7N5O. The van der Waals surface area contributed by atoms with Crippen LogP contribution >= 0.6 is 11.6 Å². The van der Waals surface area contributed by atoms with Gasteiger partial charge >= 0.3 is 12.4 Å². The monoisotopic (exact) mass is 613 g/mol. The number of nitrogens with one attached hydrogen (secondary N) is 1. The van der Waals surface area contributed by atoms with E-state index >= 15 is 0 Å². The van der Waals surface area contributed by atoms with E-state index in [1.54, 1.807) is 18.0 Å². The Labute approximate surface area is 240 Å². The maximum absolute atomic E-state index is 14.0. The van der Waals surface area contributed by atoms with Crippen molar-refractivity contribution in [3.8, 4) is 5.69 Å². The Morgan fingerprint density at radius 3 is 2.36 bits per heavy atom. The van der Waals surface area contributed by atoms with E-state index in [1.165, 1.54) is 24.3 Å². The zero-order chi connectivity index (χ0) is 30.4. The lowest BCUT2D eigenvalue weighted by atomic mass is 9.89. The fourth-order valence-electron chi connectivity index (χ4n) is 5.28. The summed E-state index contributed by atoms with van der Waals surface area (Å²) in [5.74, 6) is -1.74. The molecule has 1 saturated carbocycles. The van der Waals surface area contributed by atoms with Crippen molar-refractivity contribution >= 4 is 34.1 Å². The van der Waals surface area contributed by atoms with E-state index in [1.807, 2.05) is 0 Å². The lowest BCUT2D eigenvalue weighted by molar-refractivity contribution is -0.143. The van der Waals surface area contributed by atoms with Crippen molar-refractivity contribution in [1.82, 2.24) is 20.1 Å². The third-order valence-electron chi connectivity index (χ3n) is 7.33. The summed E-state index contributed by atoms with van der Waals surface area (Å²) in [6.07, 6.45) is -7.19. The van der Waals surface area contributed by atoms with Gasteiger partial charge in [-0.3, -0.25) is 4.79 Å². The van der Waals surface area contributed by atoms with Crippen LogP contribution in [-0.2, 0) is 12.4 Å². The fraction of sp³-hybridized carbons (Fsp3) is 0.321. The zero-order valence-corrected chi connectivity index (χ0v) is 22.7. The predicted octanol–water partition coefficient (Wildman–Crippen LogP) is 7.43. The molecule has 1 amide bonds. The summed E-state index contributed by atoms with van der Waals surface area (Å²) in [5, 5.41) is 7.11. The molecule has 2 aromatic heterocycles. The van der Waals surface area contributed by atoms with Crippen molar-refractivity contribution in [3.63, 3.8) is 0 Å². The molecule has 222 valence electrons. The van der Waals surface area contributed by atoms with Crippen molar-refractivity contribution in [2.24, 2.45) is 0 Å². The van der Waals surface area contributed by atoms with Crippen LogP contribution in [0.2, 0.25) is 5.02 Å². The number of hydrogen-bond donors (Lipinski definition) is 1. The molecule has 2 aromatic carbocycles. The van der Waals surface area contributed by atoms with E-state index < -0.39 is 47.1 Å². The first-order chi connectivity index (χ1) is 19.7. The molecule has 4 aromatic rings. The van der Waals surface area contributed by atoms with E-state index in [9.17, 15) is 35.5 Å². The van der Waals surface area contributed by atoms with Crippen LogP contribution < -0.4 is 10.2 Å². The van der Waals surface area contributed by atoms with Crippen molar-refractivity contribution in [2.45, 2.75) is 50.1 Å². The van der Waals surface area contributed by atoms with Crippen LogP contribution in [-0.4, -0.2) is 39.8 Å². The molecule has 1 aliphatic rings. The summed E-state index contributed by atoms with van der Waals surface area (Å²) >= 11 is 6.11. The number of anilines is 1. The molecule has 0 radical (unpaired) electrons. The molecule has 0 bridgehead atoms. The van der Waals surface area contributed by atoms with Crippen molar-refractivity contribution < 1.29 is 35.5 Å². The molecule has 2 heterocycles. The topological polar surface area (TPSA) is 63.1 Å². The minimum Gasteiger partial charge on any atom is -0.371 e. The lowest BCUT2D eigenvalue weighted by Gasteiger charge is -2.37. The number of benzene rings is 2. The largest absolute Gasteiger partial charge is 0.434 e. The number of fused-ring (bicyclic) bond motifs is 1. The average molecular weight is 614 g/mol. The van der Waals surface area contributed by atoms with E-state index in [4.69, 9.17) is 11.6 Å². The number of aromatic nitrogens is 3. The van der Waals surface area contributed by atoms with Gasteiger partial charge in [-0.2, -0.15) is 31.4 Å². The molecule has 0 aliphatic heterocycles. The van der Waals surface area contributed by atoms with Crippen LogP contribution in [0.25, 0.3) is 16.6 Å². The highest BCUT2D eigenvalue weighted by Gasteiger charge is 2.41. The fourth-order valence-corrected chi connectivity index (χ4v) is 5.45. The average Bonchev–Trinajstić information content (AvgIpc) is 3.39. The van der Waals surface area contributed by atoms with E-state index in [2.05, 4.69) is 15.4 Å². The Balaban J connectivity index is 1.32. The molecule has 1 fully saturated rings. The number of rotatable bonds is 5. The normalized spacial score (nSPS) is 17.8. The molecular weight excluding hydrogens is 591 g/mol. The Morgan fingerprint density at radius 1 is 1.00 bits per heavy atom. The van der Waals surface area contributed by atoms with Gasteiger partial charge in [0.25, 0.3) is 5.91 Å². The van der Waals surface area contributed by atoms with Gasteiger partial charge in [0.15, 0.2) is 5.69 Å². The second kappa shape index (κ2) is 11.1. The molecule has 6 nitrogen and oxygen atoms in total. The molecule has 1 aliphatic carbocycles. The highest BCUT2D eigenvalue weighted by molar-refractivity contribution is 6.31. The van der Waals surface area contributed by atoms with E-state index in [0.717, 1.165) is 24.4 Å². The van der Waals surface area contributed by atoms with Gasteiger partial charge < -0.3 is 10.2 Å². The zero-order valence-electron chi connectivity index (χ0n) is 21.9. The Bertz CT molecular complexity index is 1630.